The average Bonchev–Trinajstić information content (AvgIpc) is 3.27. The zero-order chi connectivity index (χ0) is 18.5. The SMILES string of the molecule is CSc1nnc(CCCNC(=O)c2c(F)cccc2Cl)n1C1CCCC1. The van der Waals surface area contributed by atoms with Crippen LogP contribution in [0.1, 0.15) is 54.3 Å². The molecule has 1 aromatic carbocycles. The quantitative estimate of drug-likeness (QED) is 0.560. The zero-order valence-corrected chi connectivity index (χ0v) is 16.2. The van der Waals surface area contributed by atoms with Gasteiger partial charge >= 0.3 is 0 Å². The number of nitrogens with one attached hydrogen (secondary N) is 1. The van der Waals surface area contributed by atoms with Crippen molar-refractivity contribution < 1.29 is 9.18 Å². The van der Waals surface area contributed by atoms with Crippen molar-refractivity contribution in [2.75, 3.05) is 12.8 Å². The highest BCUT2D eigenvalue weighted by atomic mass is 35.5. The number of hydrogen-bond donors (Lipinski definition) is 1. The van der Waals surface area contributed by atoms with Crippen LogP contribution in [0.2, 0.25) is 5.02 Å². The zero-order valence-electron chi connectivity index (χ0n) is 14.7. The Kier molecular flexibility index (Phi) is 6.53. The molecule has 1 N–H and O–H groups in total. The lowest BCUT2D eigenvalue weighted by molar-refractivity contribution is 0.0949. The molecule has 1 aliphatic carbocycles. The van der Waals surface area contributed by atoms with Crippen molar-refractivity contribution in [1.82, 2.24) is 20.1 Å². The Bertz CT molecular complexity index is 756. The highest BCUT2D eigenvalue weighted by Gasteiger charge is 2.23. The first kappa shape index (κ1) is 19.2. The van der Waals surface area contributed by atoms with Crippen molar-refractivity contribution in [3.8, 4) is 0 Å². The van der Waals surface area contributed by atoms with Gasteiger partial charge in [0.15, 0.2) is 5.16 Å². The van der Waals surface area contributed by atoms with Crippen LogP contribution in [-0.2, 0) is 6.42 Å². The first-order chi connectivity index (χ1) is 12.6. The summed E-state index contributed by atoms with van der Waals surface area (Å²) in [5.41, 5.74) is -0.104. The lowest BCUT2D eigenvalue weighted by Gasteiger charge is -2.16. The van der Waals surface area contributed by atoms with Gasteiger partial charge in [-0.2, -0.15) is 0 Å². The number of halogens is 2. The van der Waals surface area contributed by atoms with E-state index in [4.69, 9.17) is 11.6 Å². The Morgan fingerprint density at radius 3 is 2.85 bits per heavy atom. The van der Waals surface area contributed by atoms with Gasteiger partial charge in [0.25, 0.3) is 5.91 Å². The molecule has 8 heteroatoms. The maximum absolute atomic E-state index is 13.8. The third-order valence-electron chi connectivity index (χ3n) is 4.66. The molecule has 1 amide bonds. The molecule has 1 saturated carbocycles. The van der Waals surface area contributed by atoms with Gasteiger partial charge in [-0.25, -0.2) is 4.39 Å². The molecule has 0 radical (unpaired) electrons. The molecule has 0 aliphatic heterocycles. The number of nitrogens with zero attached hydrogens (tertiary/aromatic N) is 3. The van der Waals surface area contributed by atoms with Crippen LogP contribution in [0.3, 0.4) is 0 Å². The van der Waals surface area contributed by atoms with Gasteiger partial charge in [0.2, 0.25) is 0 Å². The lowest BCUT2D eigenvalue weighted by atomic mass is 10.2. The molecule has 1 heterocycles. The van der Waals surface area contributed by atoms with Crippen LogP contribution in [0.5, 0.6) is 0 Å². The number of amides is 1. The van der Waals surface area contributed by atoms with Gasteiger partial charge in [-0.05, 0) is 37.7 Å². The number of hydrogen-bond acceptors (Lipinski definition) is 4. The molecule has 0 atom stereocenters. The number of benzene rings is 1. The minimum atomic E-state index is -0.611. The smallest absolute Gasteiger partial charge is 0.255 e. The molecule has 0 spiro atoms. The minimum absolute atomic E-state index is 0.104. The van der Waals surface area contributed by atoms with Crippen molar-refractivity contribution in [1.29, 1.82) is 0 Å². The van der Waals surface area contributed by atoms with E-state index in [1.807, 2.05) is 6.26 Å². The van der Waals surface area contributed by atoms with E-state index in [9.17, 15) is 9.18 Å². The summed E-state index contributed by atoms with van der Waals surface area (Å²) in [6.07, 6.45) is 8.26. The average molecular weight is 397 g/mol. The molecular weight excluding hydrogens is 375 g/mol. The van der Waals surface area contributed by atoms with E-state index >= 15 is 0 Å². The number of aromatic nitrogens is 3. The maximum atomic E-state index is 13.8. The summed E-state index contributed by atoms with van der Waals surface area (Å²) in [4.78, 5) is 12.2. The van der Waals surface area contributed by atoms with Crippen LogP contribution in [0.25, 0.3) is 0 Å². The van der Waals surface area contributed by atoms with Gasteiger partial charge in [0.1, 0.15) is 11.6 Å². The van der Waals surface area contributed by atoms with Crippen LogP contribution in [0.4, 0.5) is 4.39 Å². The molecule has 0 bridgehead atoms. The molecule has 1 aliphatic rings. The Hall–Kier alpha value is -1.60. The molecule has 0 unspecified atom stereocenters. The van der Waals surface area contributed by atoms with E-state index in [0.29, 0.717) is 19.0 Å². The van der Waals surface area contributed by atoms with Crippen molar-refractivity contribution in [3.05, 3.63) is 40.4 Å². The molecule has 1 fully saturated rings. The number of carbonyl (C=O) groups is 1. The molecule has 5 nitrogen and oxygen atoms in total. The molecule has 26 heavy (non-hydrogen) atoms. The lowest BCUT2D eigenvalue weighted by Crippen LogP contribution is -2.26. The largest absolute Gasteiger partial charge is 0.352 e. The molecule has 3 rings (SSSR count). The Labute approximate surface area is 161 Å². The van der Waals surface area contributed by atoms with Crippen LogP contribution in [0.15, 0.2) is 23.4 Å². The van der Waals surface area contributed by atoms with Crippen molar-refractivity contribution in [2.45, 2.75) is 49.7 Å². The summed E-state index contributed by atoms with van der Waals surface area (Å²) in [6, 6.07) is 4.70. The first-order valence-electron chi connectivity index (χ1n) is 8.81. The highest BCUT2D eigenvalue weighted by Crippen LogP contribution is 2.33. The van der Waals surface area contributed by atoms with Crippen molar-refractivity contribution in [2.24, 2.45) is 0 Å². The van der Waals surface area contributed by atoms with E-state index in [1.165, 1.54) is 43.9 Å². The second-order valence-electron chi connectivity index (χ2n) is 6.37. The molecule has 140 valence electrons. The van der Waals surface area contributed by atoms with Gasteiger partial charge in [0, 0.05) is 19.0 Å². The Morgan fingerprint density at radius 1 is 1.38 bits per heavy atom. The second-order valence-corrected chi connectivity index (χ2v) is 7.55. The van der Waals surface area contributed by atoms with Crippen molar-refractivity contribution in [3.63, 3.8) is 0 Å². The third kappa shape index (κ3) is 4.20. The fourth-order valence-corrected chi connectivity index (χ4v) is 4.22. The maximum Gasteiger partial charge on any atom is 0.255 e. The van der Waals surface area contributed by atoms with Gasteiger partial charge in [-0.15, -0.1) is 10.2 Å². The fourth-order valence-electron chi connectivity index (χ4n) is 3.40. The predicted octanol–water partition coefficient (Wildman–Crippen LogP) is 4.27. The highest BCUT2D eigenvalue weighted by molar-refractivity contribution is 7.98. The second kappa shape index (κ2) is 8.86. The van der Waals surface area contributed by atoms with E-state index in [0.717, 1.165) is 17.4 Å². The van der Waals surface area contributed by atoms with Gasteiger partial charge in [0.05, 0.1) is 10.6 Å². The van der Waals surface area contributed by atoms with Gasteiger partial charge in [-0.1, -0.05) is 42.3 Å². The van der Waals surface area contributed by atoms with Crippen molar-refractivity contribution >= 4 is 29.3 Å². The van der Waals surface area contributed by atoms with E-state index in [2.05, 4.69) is 20.1 Å². The summed E-state index contributed by atoms with van der Waals surface area (Å²) in [5.74, 6) is -0.143. The van der Waals surface area contributed by atoms with E-state index < -0.39 is 11.7 Å². The summed E-state index contributed by atoms with van der Waals surface area (Å²) in [5, 5.41) is 12.4. The van der Waals surface area contributed by atoms with Crippen LogP contribution >= 0.6 is 23.4 Å². The van der Waals surface area contributed by atoms with E-state index in [-0.39, 0.29) is 10.6 Å². The fraction of sp³-hybridized carbons (Fsp3) is 0.500. The Morgan fingerprint density at radius 2 is 2.15 bits per heavy atom. The molecule has 1 aromatic heterocycles. The number of rotatable bonds is 7. The first-order valence-corrected chi connectivity index (χ1v) is 10.4. The molecular formula is C18H22ClFN4OS. The normalized spacial score (nSPS) is 14.7. The summed E-state index contributed by atoms with van der Waals surface area (Å²) < 4.78 is 16.0. The van der Waals surface area contributed by atoms with Crippen LogP contribution in [-0.4, -0.2) is 33.5 Å². The summed E-state index contributed by atoms with van der Waals surface area (Å²) >= 11 is 7.53. The van der Waals surface area contributed by atoms with Crippen LogP contribution < -0.4 is 5.32 Å². The third-order valence-corrected chi connectivity index (χ3v) is 5.62. The minimum Gasteiger partial charge on any atom is -0.352 e. The molecule has 0 saturated heterocycles. The Balaban J connectivity index is 1.57. The monoisotopic (exact) mass is 396 g/mol. The topological polar surface area (TPSA) is 59.8 Å². The molecule has 2 aromatic rings. The predicted molar refractivity (Wildman–Crippen MR) is 101 cm³/mol. The van der Waals surface area contributed by atoms with E-state index in [1.54, 1.807) is 11.8 Å². The number of carbonyl (C=O) groups excluding carboxylic acids is 1. The van der Waals surface area contributed by atoms with Crippen LogP contribution in [0, 0.1) is 5.82 Å². The van der Waals surface area contributed by atoms with Gasteiger partial charge in [-0.3, -0.25) is 4.79 Å². The number of aryl methyl sites for hydroxylation is 1. The summed E-state index contributed by atoms with van der Waals surface area (Å²) in [6.45, 7) is 0.426. The standard InChI is InChI=1S/C18H22ClFN4OS/c1-26-18-23-22-15(24(18)12-6-2-3-7-12)10-5-11-21-17(25)16-13(19)8-4-9-14(16)20/h4,8-9,12H,2-3,5-7,10-11H2,1H3,(H,21,25). The van der Waals surface area contributed by atoms with Gasteiger partial charge < -0.3 is 9.88 Å². The summed E-state index contributed by atoms with van der Waals surface area (Å²) in [7, 11) is 0. The number of thioether (sulfide) groups is 1.